The van der Waals surface area contributed by atoms with E-state index in [-0.39, 0.29) is 29.8 Å². The highest BCUT2D eigenvalue weighted by atomic mass is 127. The van der Waals surface area contributed by atoms with Crippen molar-refractivity contribution in [3.05, 3.63) is 35.6 Å². The van der Waals surface area contributed by atoms with Crippen LogP contribution in [0.3, 0.4) is 0 Å². The van der Waals surface area contributed by atoms with E-state index < -0.39 is 0 Å². The van der Waals surface area contributed by atoms with Gasteiger partial charge >= 0.3 is 0 Å². The van der Waals surface area contributed by atoms with Crippen molar-refractivity contribution in [3.63, 3.8) is 0 Å². The standard InChI is InChI=1S/C17H29FN4.HI/c1-5-19-17(20-11-12-22(6-2)14(3)4)21-13-15-7-9-16(18)10-8-15;/h7-10,14H,5-6,11-13H2,1-4H3,(H2,19,20,21);1H. The fourth-order valence-electron chi connectivity index (χ4n) is 2.20. The van der Waals surface area contributed by atoms with Gasteiger partial charge in [-0.2, -0.15) is 0 Å². The lowest BCUT2D eigenvalue weighted by Gasteiger charge is -2.25. The van der Waals surface area contributed by atoms with Crippen LogP contribution < -0.4 is 10.6 Å². The first-order valence-corrected chi connectivity index (χ1v) is 8.07. The van der Waals surface area contributed by atoms with E-state index in [1.807, 2.05) is 6.92 Å². The molecular formula is C17H30FIN4. The number of benzene rings is 1. The number of rotatable bonds is 8. The van der Waals surface area contributed by atoms with Crippen molar-refractivity contribution in [3.8, 4) is 0 Å². The zero-order chi connectivity index (χ0) is 16.4. The van der Waals surface area contributed by atoms with Crippen molar-refractivity contribution in [2.45, 2.75) is 40.3 Å². The number of hydrogen-bond acceptors (Lipinski definition) is 2. The highest BCUT2D eigenvalue weighted by Gasteiger charge is 2.06. The highest BCUT2D eigenvalue weighted by molar-refractivity contribution is 14.0. The first-order chi connectivity index (χ1) is 10.6. The van der Waals surface area contributed by atoms with Crippen molar-refractivity contribution in [2.75, 3.05) is 26.2 Å². The number of nitrogens with zero attached hydrogens (tertiary/aromatic N) is 2. The van der Waals surface area contributed by atoms with Crippen molar-refractivity contribution in [1.82, 2.24) is 15.5 Å². The van der Waals surface area contributed by atoms with Gasteiger partial charge in [-0.3, -0.25) is 4.90 Å². The van der Waals surface area contributed by atoms with Gasteiger partial charge in [-0.1, -0.05) is 19.1 Å². The summed E-state index contributed by atoms with van der Waals surface area (Å²) in [6, 6.07) is 7.01. The van der Waals surface area contributed by atoms with Gasteiger partial charge in [0.25, 0.3) is 0 Å². The van der Waals surface area contributed by atoms with E-state index in [1.165, 1.54) is 12.1 Å². The molecule has 1 rings (SSSR count). The van der Waals surface area contributed by atoms with Crippen molar-refractivity contribution >= 4 is 29.9 Å². The van der Waals surface area contributed by atoms with Crippen LogP contribution in [0.25, 0.3) is 0 Å². The van der Waals surface area contributed by atoms with Crippen LogP contribution in [0.5, 0.6) is 0 Å². The summed E-state index contributed by atoms with van der Waals surface area (Å²) in [5.41, 5.74) is 0.996. The van der Waals surface area contributed by atoms with Gasteiger partial charge in [0.2, 0.25) is 0 Å². The van der Waals surface area contributed by atoms with E-state index in [0.29, 0.717) is 12.6 Å². The molecule has 2 N–H and O–H groups in total. The number of nitrogens with one attached hydrogen (secondary N) is 2. The van der Waals surface area contributed by atoms with Crippen LogP contribution in [-0.2, 0) is 6.54 Å². The van der Waals surface area contributed by atoms with Crippen molar-refractivity contribution in [1.29, 1.82) is 0 Å². The Morgan fingerprint density at radius 3 is 2.35 bits per heavy atom. The van der Waals surface area contributed by atoms with E-state index in [0.717, 1.165) is 37.7 Å². The fraction of sp³-hybridized carbons (Fsp3) is 0.588. The monoisotopic (exact) mass is 436 g/mol. The van der Waals surface area contributed by atoms with Crippen LogP contribution in [0.1, 0.15) is 33.3 Å². The van der Waals surface area contributed by atoms with E-state index >= 15 is 0 Å². The number of aliphatic imine (C=N–C) groups is 1. The maximum absolute atomic E-state index is 12.9. The normalized spacial score (nSPS) is 11.5. The Morgan fingerprint density at radius 2 is 1.83 bits per heavy atom. The van der Waals surface area contributed by atoms with Crippen LogP contribution >= 0.6 is 24.0 Å². The third kappa shape index (κ3) is 9.10. The van der Waals surface area contributed by atoms with Gasteiger partial charge in [-0.15, -0.1) is 24.0 Å². The van der Waals surface area contributed by atoms with Crippen LogP contribution in [-0.4, -0.2) is 43.1 Å². The zero-order valence-corrected chi connectivity index (χ0v) is 16.9. The molecule has 0 radical (unpaired) electrons. The first-order valence-electron chi connectivity index (χ1n) is 8.07. The summed E-state index contributed by atoms with van der Waals surface area (Å²) in [4.78, 5) is 6.93. The number of hydrogen-bond donors (Lipinski definition) is 2. The predicted octanol–water partition coefficient (Wildman–Crippen LogP) is 3.23. The molecule has 0 aromatic heterocycles. The summed E-state index contributed by atoms with van der Waals surface area (Å²) in [6.45, 7) is 12.9. The SMILES string of the molecule is CCNC(=NCc1ccc(F)cc1)NCCN(CC)C(C)C.I. The van der Waals surface area contributed by atoms with Crippen LogP contribution in [0.15, 0.2) is 29.3 Å². The summed E-state index contributed by atoms with van der Waals surface area (Å²) in [5, 5.41) is 6.58. The fourth-order valence-corrected chi connectivity index (χ4v) is 2.20. The quantitative estimate of drug-likeness (QED) is 0.374. The molecule has 1 aromatic rings. The maximum Gasteiger partial charge on any atom is 0.191 e. The number of guanidine groups is 1. The molecule has 0 saturated carbocycles. The van der Waals surface area contributed by atoms with Gasteiger partial charge in [0, 0.05) is 25.7 Å². The van der Waals surface area contributed by atoms with E-state index in [1.54, 1.807) is 12.1 Å². The minimum Gasteiger partial charge on any atom is -0.357 e. The van der Waals surface area contributed by atoms with E-state index in [2.05, 4.69) is 41.3 Å². The molecule has 0 unspecified atom stereocenters. The maximum atomic E-state index is 12.9. The molecule has 1 aromatic carbocycles. The topological polar surface area (TPSA) is 39.7 Å². The van der Waals surface area contributed by atoms with Gasteiger partial charge < -0.3 is 10.6 Å². The second-order valence-electron chi connectivity index (χ2n) is 5.47. The second kappa shape index (κ2) is 12.5. The summed E-state index contributed by atoms with van der Waals surface area (Å²) in [6.07, 6.45) is 0. The molecule has 0 aliphatic rings. The summed E-state index contributed by atoms with van der Waals surface area (Å²) in [7, 11) is 0. The molecule has 0 atom stereocenters. The summed E-state index contributed by atoms with van der Waals surface area (Å²) >= 11 is 0. The van der Waals surface area contributed by atoms with Crippen molar-refractivity contribution < 1.29 is 4.39 Å². The molecule has 0 fully saturated rings. The van der Waals surface area contributed by atoms with E-state index in [4.69, 9.17) is 0 Å². The smallest absolute Gasteiger partial charge is 0.191 e. The second-order valence-corrected chi connectivity index (χ2v) is 5.47. The molecule has 0 saturated heterocycles. The Labute approximate surface area is 157 Å². The molecule has 6 heteroatoms. The van der Waals surface area contributed by atoms with Gasteiger partial charge in [0.1, 0.15) is 5.82 Å². The third-order valence-electron chi connectivity index (χ3n) is 3.51. The Morgan fingerprint density at radius 1 is 1.17 bits per heavy atom. The molecule has 0 bridgehead atoms. The van der Waals surface area contributed by atoms with Crippen LogP contribution in [0.4, 0.5) is 4.39 Å². The van der Waals surface area contributed by atoms with Gasteiger partial charge in [-0.05, 0) is 45.0 Å². The lowest BCUT2D eigenvalue weighted by molar-refractivity contribution is 0.237. The van der Waals surface area contributed by atoms with Crippen LogP contribution in [0, 0.1) is 5.82 Å². The van der Waals surface area contributed by atoms with Gasteiger partial charge in [-0.25, -0.2) is 9.38 Å². The van der Waals surface area contributed by atoms with Crippen LogP contribution in [0.2, 0.25) is 0 Å². The molecule has 0 amide bonds. The first kappa shape index (κ1) is 22.1. The van der Waals surface area contributed by atoms with Gasteiger partial charge in [0.15, 0.2) is 5.96 Å². The number of likely N-dealkylation sites (N-methyl/N-ethyl adjacent to an activating group) is 1. The predicted molar refractivity (Wildman–Crippen MR) is 107 cm³/mol. The highest BCUT2D eigenvalue weighted by Crippen LogP contribution is 2.03. The molecule has 23 heavy (non-hydrogen) atoms. The Balaban J connectivity index is 0.00000484. The number of halogens is 2. The Hall–Kier alpha value is -0.890. The third-order valence-corrected chi connectivity index (χ3v) is 3.51. The molecule has 0 spiro atoms. The summed E-state index contributed by atoms with van der Waals surface area (Å²) in [5.74, 6) is 0.581. The molecular weight excluding hydrogens is 406 g/mol. The Bertz CT molecular complexity index is 448. The average molecular weight is 436 g/mol. The van der Waals surface area contributed by atoms with Gasteiger partial charge in [0.05, 0.1) is 6.54 Å². The summed E-state index contributed by atoms with van der Waals surface area (Å²) < 4.78 is 12.9. The molecule has 0 heterocycles. The van der Waals surface area contributed by atoms with E-state index in [9.17, 15) is 4.39 Å². The minimum absolute atomic E-state index is 0. The average Bonchev–Trinajstić information content (AvgIpc) is 2.50. The minimum atomic E-state index is -0.217. The molecule has 0 aliphatic carbocycles. The molecule has 132 valence electrons. The molecule has 0 aliphatic heterocycles. The Kier molecular flexibility index (Phi) is 12.0. The molecule has 4 nitrogen and oxygen atoms in total. The zero-order valence-electron chi connectivity index (χ0n) is 14.6. The largest absolute Gasteiger partial charge is 0.357 e. The lowest BCUT2D eigenvalue weighted by atomic mass is 10.2. The lowest BCUT2D eigenvalue weighted by Crippen LogP contribution is -2.43. The van der Waals surface area contributed by atoms with Crippen molar-refractivity contribution in [2.24, 2.45) is 4.99 Å².